The lowest BCUT2D eigenvalue weighted by atomic mass is 9.89. The summed E-state index contributed by atoms with van der Waals surface area (Å²) in [4.78, 5) is 38.3. The lowest BCUT2D eigenvalue weighted by molar-refractivity contribution is 0.0712. The van der Waals surface area contributed by atoms with Gasteiger partial charge in [-0.05, 0) is 67.5 Å². The molecule has 37 heavy (non-hydrogen) atoms. The number of likely N-dealkylation sites (tertiary alicyclic amines) is 1. The van der Waals surface area contributed by atoms with Crippen LogP contribution in [0.5, 0.6) is 0 Å². The summed E-state index contributed by atoms with van der Waals surface area (Å²) in [6, 6.07) is 16.4. The molecular formula is C28H30N7O2+. The first-order valence-electron chi connectivity index (χ1n) is 12.7. The third kappa shape index (κ3) is 5.75. The molecule has 2 aliphatic rings. The lowest BCUT2D eigenvalue weighted by Crippen LogP contribution is -2.38. The van der Waals surface area contributed by atoms with Crippen molar-refractivity contribution in [3.8, 4) is 6.07 Å². The average molecular weight is 497 g/mol. The van der Waals surface area contributed by atoms with Crippen LogP contribution in [0, 0.1) is 6.07 Å². The van der Waals surface area contributed by atoms with E-state index in [4.69, 9.17) is 0 Å². The summed E-state index contributed by atoms with van der Waals surface area (Å²) in [6.45, 7) is 3.31. The third-order valence-electron chi connectivity index (χ3n) is 6.99. The fourth-order valence-electron chi connectivity index (χ4n) is 4.94. The van der Waals surface area contributed by atoms with Gasteiger partial charge in [-0.2, -0.15) is 5.10 Å². The van der Waals surface area contributed by atoms with Gasteiger partial charge in [-0.1, -0.05) is 17.0 Å². The second-order valence-corrected chi connectivity index (χ2v) is 9.41. The van der Waals surface area contributed by atoms with E-state index in [0.717, 1.165) is 50.2 Å². The Bertz CT molecular complexity index is 1320. The van der Waals surface area contributed by atoms with Crippen LogP contribution < -0.4 is 10.2 Å². The van der Waals surface area contributed by atoms with Crippen molar-refractivity contribution in [3.63, 3.8) is 0 Å². The minimum atomic E-state index is -0.339. The van der Waals surface area contributed by atoms with Crippen molar-refractivity contribution in [2.45, 2.75) is 31.6 Å². The van der Waals surface area contributed by atoms with Crippen molar-refractivity contribution < 1.29 is 9.59 Å². The Labute approximate surface area is 216 Å². The predicted molar refractivity (Wildman–Crippen MR) is 142 cm³/mol. The minimum Gasteiger partial charge on any atom is -0.357 e. The number of nitrogens with one attached hydrogen (secondary N) is 1. The molecule has 0 bridgehead atoms. The zero-order valence-electron chi connectivity index (χ0n) is 20.9. The zero-order chi connectivity index (χ0) is 25.6. The number of anilines is 2. The molecular weight excluding hydrogens is 466 g/mol. The molecule has 4 heterocycles. The van der Waals surface area contributed by atoms with Crippen LogP contribution in [0.2, 0.25) is 0 Å². The van der Waals surface area contributed by atoms with Gasteiger partial charge in [0, 0.05) is 32.4 Å². The van der Waals surface area contributed by atoms with Gasteiger partial charge in [0.25, 0.3) is 18.9 Å². The van der Waals surface area contributed by atoms with E-state index in [0.29, 0.717) is 30.1 Å². The highest BCUT2D eigenvalue weighted by Crippen LogP contribution is 2.29. The predicted octanol–water partition coefficient (Wildman–Crippen LogP) is 4.05. The first-order valence-corrected chi connectivity index (χ1v) is 12.7. The van der Waals surface area contributed by atoms with Crippen LogP contribution >= 0.6 is 0 Å². The summed E-state index contributed by atoms with van der Waals surface area (Å²) in [6.07, 6.45) is 7.12. The fourth-order valence-corrected chi connectivity index (χ4v) is 4.94. The molecule has 1 aromatic carbocycles. The molecule has 0 aliphatic carbocycles. The summed E-state index contributed by atoms with van der Waals surface area (Å²) < 4.78 is 0. The van der Waals surface area contributed by atoms with E-state index in [-0.39, 0.29) is 17.6 Å². The maximum Gasteiger partial charge on any atom is 0.310 e. The second-order valence-electron chi connectivity index (χ2n) is 9.41. The molecule has 188 valence electrons. The highest BCUT2D eigenvalue weighted by atomic mass is 16.2. The number of hydrogen-bond donors (Lipinski definition) is 1. The normalized spacial score (nSPS) is 15.7. The molecule has 0 radical (unpaired) electrons. The van der Waals surface area contributed by atoms with Crippen LogP contribution in [-0.2, 0) is 0 Å². The SMILES string of the molecule is C[N+]#Cc1ccc(C2CCN(C(=O)c3cnnc(NC(=O)c4ccc(N5CCCC5)nc4)c3)CC2)cc1. The summed E-state index contributed by atoms with van der Waals surface area (Å²) in [5, 5.41) is 10.7. The Morgan fingerprint density at radius 3 is 2.41 bits per heavy atom. The molecule has 9 nitrogen and oxygen atoms in total. The zero-order valence-corrected chi connectivity index (χ0v) is 20.9. The van der Waals surface area contributed by atoms with Gasteiger partial charge in [0.05, 0.1) is 17.3 Å². The van der Waals surface area contributed by atoms with Gasteiger partial charge in [0.2, 0.25) is 0 Å². The Balaban J connectivity index is 1.17. The molecule has 0 unspecified atom stereocenters. The number of carbonyl (C=O) groups is 2. The van der Waals surface area contributed by atoms with Gasteiger partial charge in [-0.15, -0.1) is 5.10 Å². The smallest absolute Gasteiger partial charge is 0.310 e. The minimum absolute atomic E-state index is 0.107. The quantitative estimate of drug-likeness (QED) is 0.573. The number of rotatable bonds is 5. The van der Waals surface area contributed by atoms with E-state index in [2.05, 4.69) is 48.4 Å². The average Bonchev–Trinajstić information content (AvgIpc) is 3.49. The molecule has 2 aliphatic heterocycles. The van der Waals surface area contributed by atoms with Crippen molar-refractivity contribution in [2.24, 2.45) is 0 Å². The molecule has 2 saturated heterocycles. The monoisotopic (exact) mass is 496 g/mol. The van der Waals surface area contributed by atoms with Gasteiger partial charge in [-0.3, -0.25) is 9.59 Å². The largest absolute Gasteiger partial charge is 0.357 e. The van der Waals surface area contributed by atoms with Crippen molar-refractivity contribution >= 4 is 23.5 Å². The summed E-state index contributed by atoms with van der Waals surface area (Å²) in [5.74, 6) is 1.08. The number of piperidine rings is 1. The molecule has 0 saturated carbocycles. The van der Waals surface area contributed by atoms with Gasteiger partial charge in [0.15, 0.2) is 5.82 Å². The van der Waals surface area contributed by atoms with Gasteiger partial charge in [-0.25, -0.2) is 4.98 Å². The molecule has 5 rings (SSSR count). The van der Waals surface area contributed by atoms with Crippen molar-refractivity contribution in [1.82, 2.24) is 20.1 Å². The van der Waals surface area contributed by atoms with E-state index >= 15 is 0 Å². The number of hydrogen-bond acceptors (Lipinski definition) is 6. The Morgan fingerprint density at radius 1 is 0.973 bits per heavy atom. The number of amides is 2. The van der Waals surface area contributed by atoms with Crippen LogP contribution in [0.1, 0.15) is 63.4 Å². The van der Waals surface area contributed by atoms with E-state index in [1.54, 1.807) is 25.4 Å². The maximum absolute atomic E-state index is 13.1. The molecule has 9 heteroatoms. The molecule has 2 fully saturated rings. The van der Waals surface area contributed by atoms with Gasteiger partial charge >= 0.3 is 6.07 Å². The molecule has 0 atom stereocenters. The van der Waals surface area contributed by atoms with Gasteiger partial charge < -0.3 is 15.1 Å². The highest BCUT2D eigenvalue weighted by molar-refractivity contribution is 6.04. The van der Waals surface area contributed by atoms with Gasteiger partial charge in [0.1, 0.15) is 11.4 Å². The third-order valence-corrected chi connectivity index (χ3v) is 6.99. The van der Waals surface area contributed by atoms with E-state index in [1.165, 1.54) is 11.8 Å². The standard InChI is InChI=1S/C28H29N7O2/c1-29-17-20-4-6-21(7-5-20)22-10-14-35(15-11-22)28(37)24-16-25(33-31-19-24)32-27(36)23-8-9-26(30-18-23)34-12-2-3-13-34/h4-9,16,18-19,22H,2-3,10-15H2,1H3/p+1. The fraction of sp³-hybridized carbons (Fsp3) is 0.357. The number of carbonyl (C=O) groups excluding carboxylic acids is 2. The number of pyridine rings is 1. The van der Waals surface area contributed by atoms with Crippen LogP contribution in [0.15, 0.2) is 54.9 Å². The van der Waals surface area contributed by atoms with Crippen LogP contribution in [0.3, 0.4) is 0 Å². The second kappa shape index (κ2) is 11.2. The van der Waals surface area contributed by atoms with Crippen LogP contribution in [0.25, 0.3) is 4.85 Å². The Hall–Kier alpha value is -4.32. The first-order chi connectivity index (χ1) is 18.1. The lowest BCUT2D eigenvalue weighted by Gasteiger charge is -2.32. The first kappa shape index (κ1) is 24.4. The van der Waals surface area contributed by atoms with Crippen molar-refractivity contribution in [2.75, 3.05) is 43.4 Å². The summed E-state index contributed by atoms with van der Waals surface area (Å²) in [7, 11) is 1.71. The highest BCUT2D eigenvalue weighted by Gasteiger charge is 2.25. The Morgan fingerprint density at radius 2 is 1.73 bits per heavy atom. The molecule has 0 spiro atoms. The summed E-state index contributed by atoms with van der Waals surface area (Å²) >= 11 is 0. The summed E-state index contributed by atoms with van der Waals surface area (Å²) in [5.41, 5.74) is 3.07. The van der Waals surface area contributed by atoms with E-state index in [1.807, 2.05) is 23.1 Å². The molecule has 2 amide bonds. The maximum atomic E-state index is 13.1. The van der Waals surface area contributed by atoms with E-state index in [9.17, 15) is 9.59 Å². The van der Waals surface area contributed by atoms with Crippen LogP contribution in [0.4, 0.5) is 11.6 Å². The van der Waals surface area contributed by atoms with E-state index < -0.39 is 0 Å². The van der Waals surface area contributed by atoms with Crippen LogP contribution in [-0.4, -0.2) is 65.1 Å². The number of nitrogens with zero attached hydrogens (tertiary/aromatic N) is 6. The molecule has 2 aromatic heterocycles. The topological polar surface area (TPSA) is 95.7 Å². The number of benzene rings is 1. The number of aromatic nitrogens is 3. The molecule has 1 N–H and O–H groups in total. The Kier molecular flexibility index (Phi) is 7.36. The van der Waals surface area contributed by atoms with Crippen molar-refractivity contribution in [1.29, 1.82) is 0 Å². The molecule has 3 aromatic rings. The van der Waals surface area contributed by atoms with Crippen molar-refractivity contribution in [3.05, 3.63) is 82.0 Å².